The van der Waals surface area contributed by atoms with Gasteiger partial charge in [-0.25, -0.2) is 19.2 Å². The smallest absolute Gasteiger partial charge is 0.408 e. The van der Waals surface area contributed by atoms with Gasteiger partial charge >= 0.3 is 24.1 Å². The monoisotopic (exact) mass is 552 g/mol. The molecule has 5 amide bonds. The van der Waals surface area contributed by atoms with Crippen LogP contribution >= 0.6 is 0 Å². The molecule has 2 atom stereocenters. The topological polar surface area (TPSA) is 230 Å². The molecule has 216 valence electrons. The van der Waals surface area contributed by atoms with Crippen LogP contribution in [0.4, 0.5) is 15.3 Å². The van der Waals surface area contributed by atoms with Crippen LogP contribution in [-0.2, 0) is 40.0 Å². The van der Waals surface area contributed by atoms with E-state index in [9.17, 15) is 28.8 Å². The number of ether oxygens (including phenoxy) is 3. The second-order valence-corrected chi connectivity index (χ2v) is 8.65. The van der Waals surface area contributed by atoms with Crippen LogP contribution in [0.25, 0.3) is 0 Å². The summed E-state index contributed by atoms with van der Waals surface area (Å²) in [4.78, 5) is 71.5. The molecule has 0 fully saturated rings. The lowest BCUT2D eigenvalue weighted by Gasteiger charge is -2.22. The van der Waals surface area contributed by atoms with Crippen molar-refractivity contribution in [3.05, 3.63) is 29.8 Å². The van der Waals surface area contributed by atoms with Crippen molar-refractivity contribution in [2.45, 2.75) is 51.4 Å². The number of benzene rings is 1. The van der Waals surface area contributed by atoms with E-state index >= 15 is 0 Å². The van der Waals surface area contributed by atoms with Gasteiger partial charge in [0.1, 0.15) is 12.6 Å². The fraction of sp³-hybridized carbons (Fsp3) is 0.500. The predicted molar refractivity (Wildman–Crippen MR) is 138 cm³/mol. The van der Waals surface area contributed by atoms with Crippen LogP contribution in [-0.4, -0.2) is 74.8 Å². The van der Waals surface area contributed by atoms with Gasteiger partial charge in [-0.1, -0.05) is 26.0 Å². The molecule has 0 aliphatic heterocycles. The Kier molecular flexibility index (Phi) is 13.8. The standard InChI is InChI=1S/C24H36N6O9/c1-13(2)17(25)20(32)29-16(6-5-11-27-23(26)35)19(31)28-15-9-7-14(8-10-15)12-39-24(36)30-18(21(33)37-3)22(34)38-4/h7-10,13,16-18H,5-6,11-12,25H2,1-4H3,(H,28,31)(H,29,32)(H,30,36)(H3,26,27,35)/t16-,17-/m0/s1. The van der Waals surface area contributed by atoms with Gasteiger partial charge in [0, 0.05) is 12.2 Å². The number of hydrogen-bond donors (Lipinski definition) is 6. The molecule has 8 N–H and O–H groups in total. The molecule has 0 aromatic heterocycles. The van der Waals surface area contributed by atoms with Crippen LogP contribution < -0.4 is 32.7 Å². The molecule has 0 aliphatic rings. The van der Waals surface area contributed by atoms with E-state index in [0.717, 1.165) is 14.2 Å². The molecular formula is C24H36N6O9. The van der Waals surface area contributed by atoms with Crippen LogP contribution in [0.2, 0.25) is 0 Å². The molecule has 0 radical (unpaired) electrons. The van der Waals surface area contributed by atoms with E-state index in [1.807, 2.05) is 0 Å². The summed E-state index contributed by atoms with van der Waals surface area (Å²) in [5.41, 5.74) is 11.9. The van der Waals surface area contributed by atoms with Gasteiger partial charge in [-0.3, -0.25) is 14.9 Å². The highest BCUT2D eigenvalue weighted by molar-refractivity contribution is 6.01. The van der Waals surface area contributed by atoms with Gasteiger partial charge in [0.25, 0.3) is 0 Å². The average Bonchev–Trinajstić information content (AvgIpc) is 2.91. The first-order valence-corrected chi connectivity index (χ1v) is 12.0. The van der Waals surface area contributed by atoms with Crippen molar-refractivity contribution in [3.63, 3.8) is 0 Å². The van der Waals surface area contributed by atoms with Crippen molar-refractivity contribution < 1.29 is 43.0 Å². The highest BCUT2D eigenvalue weighted by atomic mass is 16.6. The Morgan fingerprint density at radius 2 is 1.49 bits per heavy atom. The molecule has 0 bridgehead atoms. The Bertz CT molecular complexity index is 1000. The number of urea groups is 1. The maximum atomic E-state index is 12.9. The summed E-state index contributed by atoms with van der Waals surface area (Å²) in [7, 11) is 2.09. The number of carbonyl (C=O) groups excluding carboxylic acids is 6. The number of nitrogens with one attached hydrogen (secondary N) is 4. The number of primary amides is 1. The fourth-order valence-corrected chi connectivity index (χ4v) is 3.03. The van der Waals surface area contributed by atoms with Gasteiger partial charge < -0.3 is 41.6 Å². The summed E-state index contributed by atoms with van der Waals surface area (Å²) in [6.07, 6.45) is -0.484. The van der Waals surface area contributed by atoms with Crippen molar-refractivity contribution in [1.82, 2.24) is 16.0 Å². The van der Waals surface area contributed by atoms with E-state index < -0.39 is 54.0 Å². The number of methoxy groups -OCH3 is 2. The number of carbonyl (C=O) groups is 6. The Hall–Kier alpha value is -4.40. The van der Waals surface area contributed by atoms with Crippen molar-refractivity contribution in [3.8, 4) is 0 Å². The minimum Gasteiger partial charge on any atom is -0.467 e. The lowest BCUT2D eigenvalue weighted by Crippen LogP contribution is -2.51. The highest BCUT2D eigenvalue weighted by Gasteiger charge is 2.31. The van der Waals surface area contributed by atoms with Gasteiger partial charge in [-0.15, -0.1) is 0 Å². The number of alkyl carbamates (subject to hydrolysis) is 1. The Labute approximate surface area is 225 Å². The summed E-state index contributed by atoms with van der Waals surface area (Å²) < 4.78 is 13.9. The maximum Gasteiger partial charge on any atom is 0.408 e. The van der Waals surface area contributed by atoms with Gasteiger partial charge in [-0.2, -0.15) is 0 Å². The van der Waals surface area contributed by atoms with E-state index in [-0.39, 0.29) is 25.5 Å². The summed E-state index contributed by atoms with van der Waals surface area (Å²) in [5, 5.41) is 9.81. The maximum absolute atomic E-state index is 12.9. The van der Waals surface area contributed by atoms with Gasteiger partial charge in [0.05, 0.1) is 20.3 Å². The second-order valence-electron chi connectivity index (χ2n) is 8.65. The second kappa shape index (κ2) is 16.4. The summed E-state index contributed by atoms with van der Waals surface area (Å²) >= 11 is 0. The lowest BCUT2D eigenvalue weighted by molar-refractivity contribution is -0.155. The van der Waals surface area contributed by atoms with Crippen molar-refractivity contribution in [2.75, 3.05) is 26.1 Å². The van der Waals surface area contributed by atoms with Crippen LogP contribution in [0.3, 0.4) is 0 Å². The fourth-order valence-electron chi connectivity index (χ4n) is 3.03. The summed E-state index contributed by atoms with van der Waals surface area (Å²) in [6, 6.07) is 2.12. The van der Waals surface area contributed by atoms with Crippen LogP contribution in [0.15, 0.2) is 24.3 Å². The van der Waals surface area contributed by atoms with Gasteiger partial charge in [0.15, 0.2) is 0 Å². The quantitative estimate of drug-likeness (QED) is 0.0748. The molecule has 0 saturated carbocycles. The van der Waals surface area contributed by atoms with Crippen LogP contribution in [0.5, 0.6) is 0 Å². The lowest BCUT2D eigenvalue weighted by atomic mass is 10.0. The molecule has 1 aromatic rings. The van der Waals surface area contributed by atoms with Crippen LogP contribution in [0.1, 0.15) is 32.3 Å². The number of hydrogen-bond acceptors (Lipinski definition) is 10. The summed E-state index contributed by atoms with van der Waals surface area (Å²) in [6.45, 7) is 3.56. The minimum absolute atomic E-state index is 0.145. The molecule has 0 heterocycles. The van der Waals surface area contributed by atoms with E-state index in [0.29, 0.717) is 17.7 Å². The third-order valence-corrected chi connectivity index (χ3v) is 5.35. The van der Waals surface area contributed by atoms with E-state index in [4.69, 9.17) is 16.2 Å². The zero-order chi connectivity index (χ0) is 29.5. The molecule has 1 rings (SSSR count). The van der Waals surface area contributed by atoms with E-state index in [1.54, 1.807) is 38.1 Å². The Balaban J connectivity index is 2.76. The Morgan fingerprint density at radius 1 is 0.897 bits per heavy atom. The third-order valence-electron chi connectivity index (χ3n) is 5.35. The van der Waals surface area contributed by atoms with Crippen molar-refractivity contribution >= 4 is 41.6 Å². The molecule has 1 aromatic carbocycles. The zero-order valence-corrected chi connectivity index (χ0v) is 22.3. The molecule has 0 spiro atoms. The third kappa shape index (κ3) is 11.7. The zero-order valence-electron chi connectivity index (χ0n) is 22.3. The first-order valence-electron chi connectivity index (χ1n) is 12.0. The van der Waals surface area contributed by atoms with Gasteiger partial charge in [0.2, 0.25) is 17.9 Å². The van der Waals surface area contributed by atoms with Crippen LogP contribution in [0, 0.1) is 5.92 Å². The molecule has 0 saturated heterocycles. The molecular weight excluding hydrogens is 516 g/mol. The van der Waals surface area contributed by atoms with E-state index in [2.05, 4.69) is 30.7 Å². The number of rotatable bonds is 14. The van der Waals surface area contributed by atoms with Gasteiger partial charge in [-0.05, 0) is 36.5 Å². The highest BCUT2D eigenvalue weighted by Crippen LogP contribution is 2.12. The minimum atomic E-state index is -1.68. The first-order chi connectivity index (χ1) is 18.4. The number of nitrogens with two attached hydrogens (primary N) is 2. The number of esters is 2. The molecule has 0 aliphatic carbocycles. The number of amides is 5. The molecule has 39 heavy (non-hydrogen) atoms. The molecule has 15 nitrogen and oxygen atoms in total. The predicted octanol–water partition coefficient (Wildman–Crippen LogP) is -0.517. The SMILES string of the molecule is COC(=O)C(NC(=O)OCc1ccc(NC(=O)[C@H](CCCNC(N)=O)NC(=O)[C@@H](N)C(C)C)cc1)C(=O)OC. The Morgan fingerprint density at radius 3 is 2.00 bits per heavy atom. The molecule has 0 unspecified atom stereocenters. The summed E-state index contributed by atoms with van der Waals surface area (Å²) in [5.74, 6) is -3.18. The average molecular weight is 553 g/mol. The van der Waals surface area contributed by atoms with Crippen molar-refractivity contribution in [2.24, 2.45) is 17.4 Å². The van der Waals surface area contributed by atoms with Crippen molar-refractivity contribution in [1.29, 1.82) is 0 Å². The first kappa shape index (κ1) is 32.6. The molecule has 15 heteroatoms. The van der Waals surface area contributed by atoms with E-state index in [1.165, 1.54) is 0 Å². The largest absolute Gasteiger partial charge is 0.467 e. The normalized spacial score (nSPS) is 12.1. The number of anilines is 1.